The number of nitrogens with one attached hydrogen (secondary N) is 1. The number of carbonyl (C=O) groups is 2. The van der Waals surface area contributed by atoms with E-state index in [1.807, 2.05) is 6.92 Å². The van der Waals surface area contributed by atoms with Gasteiger partial charge in [0.05, 0.1) is 16.8 Å². The Morgan fingerprint density at radius 2 is 2.14 bits per heavy atom. The molecule has 3 rings (SSSR count). The van der Waals surface area contributed by atoms with E-state index in [-0.39, 0.29) is 18.1 Å². The van der Waals surface area contributed by atoms with E-state index in [2.05, 4.69) is 5.32 Å². The second-order valence-corrected chi connectivity index (χ2v) is 6.91. The summed E-state index contributed by atoms with van der Waals surface area (Å²) in [6.45, 7) is 1.83. The predicted octanol–water partition coefficient (Wildman–Crippen LogP) is 3.48. The largest absolute Gasteiger partial charge is 0.481 e. The number of carbonyl (C=O) groups excluding carboxylic acids is 1. The first-order valence-electron chi connectivity index (χ1n) is 7.13. The van der Waals surface area contributed by atoms with E-state index < -0.39 is 11.5 Å². The van der Waals surface area contributed by atoms with Crippen LogP contribution in [-0.4, -0.2) is 22.5 Å². The van der Waals surface area contributed by atoms with Crippen molar-refractivity contribution in [1.29, 1.82) is 0 Å². The molecule has 0 radical (unpaired) electrons. The fourth-order valence-corrected chi connectivity index (χ4v) is 4.08. The molecule has 0 aliphatic heterocycles. The van der Waals surface area contributed by atoms with Gasteiger partial charge in [0.2, 0.25) is 0 Å². The maximum atomic E-state index is 13.3. The first kappa shape index (κ1) is 15.0. The van der Waals surface area contributed by atoms with Crippen LogP contribution < -0.4 is 5.32 Å². The van der Waals surface area contributed by atoms with Crippen LogP contribution in [0, 0.1) is 12.7 Å². The van der Waals surface area contributed by atoms with Gasteiger partial charge < -0.3 is 10.4 Å². The van der Waals surface area contributed by atoms with Crippen LogP contribution in [0.25, 0.3) is 10.1 Å². The van der Waals surface area contributed by atoms with E-state index in [1.165, 1.54) is 23.5 Å². The van der Waals surface area contributed by atoms with Gasteiger partial charge in [0, 0.05) is 4.70 Å². The van der Waals surface area contributed by atoms with Crippen molar-refractivity contribution in [2.75, 3.05) is 0 Å². The highest BCUT2D eigenvalue weighted by Gasteiger charge is 2.40. The molecule has 6 heteroatoms. The van der Waals surface area contributed by atoms with Crippen molar-refractivity contribution in [3.8, 4) is 0 Å². The van der Waals surface area contributed by atoms with Gasteiger partial charge in [-0.2, -0.15) is 0 Å². The molecule has 1 amide bonds. The van der Waals surface area contributed by atoms with Crippen LogP contribution in [0.15, 0.2) is 18.2 Å². The lowest BCUT2D eigenvalue weighted by atomic mass is 9.74. The molecule has 1 aliphatic carbocycles. The topological polar surface area (TPSA) is 66.4 Å². The van der Waals surface area contributed by atoms with Gasteiger partial charge in [-0.25, -0.2) is 4.39 Å². The van der Waals surface area contributed by atoms with Crippen molar-refractivity contribution in [3.63, 3.8) is 0 Å². The molecule has 0 saturated heterocycles. The van der Waals surface area contributed by atoms with Crippen LogP contribution >= 0.6 is 11.3 Å². The van der Waals surface area contributed by atoms with Gasteiger partial charge in [-0.1, -0.05) is 6.07 Å². The van der Waals surface area contributed by atoms with E-state index in [9.17, 15) is 14.0 Å². The normalized spacial score (nSPS) is 16.3. The van der Waals surface area contributed by atoms with Gasteiger partial charge >= 0.3 is 5.97 Å². The van der Waals surface area contributed by atoms with Crippen LogP contribution in [0.5, 0.6) is 0 Å². The number of aryl methyl sites for hydroxylation is 1. The third-order valence-electron chi connectivity index (χ3n) is 4.29. The number of aliphatic carboxylic acids is 1. The molecule has 116 valence electrons. The molecular weight excluding hydrogens is 305 g/mol. The Morgan fingerprint density at radius 3 is 2.73 bits per heavy atom. The number of amides is 1. The zero-order chi connectivity index (χ0) is 15.9. The van der Waals surface area contributed by atoms with E-state index in [1.54, 1.807) is 6.07 Å². The molecule has 2 N–H and O–H groups in total. The summed E-state index contributed by atoms with van der Waals surface area (Å²) < 4.78 is 14.0. The minimum Gasteiger partial charge on any atom is -0.481 e. The van der Waals surface area contributed by atoms with E-state index in [4.69, 9.17) is 5.11 Å². The second kappa shape index (κ2) is 5.35. The lowest BCUT2D eigenvalue weighted by molar-refractivity contribution is -0.139. The second-order valence-electron chi connectivity index (χ2n) is 5.86. The maximum absolute atomic E-state index is 13.3. The molecule has 1 saturated carbocycles. The molecule has 0 unspecified atom stereocenters. The molecule has 22 heavy (non-hydrogen) atoms. The number of carboxylic acid groups (broad SMARTS) is 1. The van der Waals surface area contributed by atoms with Crippen molar-refractivity contribution in [1.82, 2.24) is 5.32 Å². The van der Waals surface area contributed by atoms with Crippen LogP contribution in [-0.2, 0) is 4.79 Å². The Kier molecular flexibility index (Phi) is 3.64. The van der Waals surface area contributed by atoms with Gasteiger partial charge in [0.25, 0.3) is 5.91 Å². The number of thiophene rings is 1. The molecule has 1 aliphatic rings. The fourth-order valence-electron chi connectivity index (χ4n) is 2.95. The first-order chi connectivity index (χ1) is 10.4. The Hall–Kier alpha value is -1.95. The molecule has 1 aromatic heterocycles. The highest BCUT2D eigenvalue weighted by molar-refractivity contribution is 7.21. The SMILES string of the molecule is Cc1c(C(=O)NC2(CC(=O)O)CCC2)sc2cc(F)ccc12. The zero-order valence-electron chi connectivity index (χ0n) is 12.1. The summed E-state index contributed by atoms with van der Waals surface area (Å²) in [6, 6.07) is 4.46. The molecular formula is C16H16FNO3S. The summed E-state index contributed by atoms with van der Waals surface area (Å²) >= 11 is 1.24. The Labute approximate surface area is 130 Å². The number of fused-ring (bicyclic) bond motifs is 1. The Bertz CT molecular complexity index is 764. The van der Waals surface area contributed by atoms with Crippen molar-refractivity contribution >= 4 is 33.3 Å². The molecule has 0 bridgehead atoms. The first-order valence-corrected chi connectivity index (χ1v) is 7.95. The molecule has 2 aromatic rings. The number of halogens is 1. The summed E-state index contributed by atoms with van der Waals surface area (Å²) in [6.07, 6.45) is 2.23. The highest BCUT2D eigenvalue weighted by Crippen LogP contribution is 2.37. The Morgan fingerprint density at radius 1 is 1.41 bits per heavy atom. The smallest absolute Gasteiger partial charge is 0.305 e. The summed E-state index contributed by atoms with van der Waals surface area (Å²) in [4.78, 5) is 24.0. The third kappa shape index (κ3) is 2.59. The van der Waals surface area contributed by atoms with E-state index in [0.29, 0.717) is 17.7 Å². The van der Waals surface area contributed by atoms with Gasteiger partial charge in [0.1, 0.15) is 5.82 Å². The standard InChI is InChI=1S/C16H16FNO3S/c1-9-11-4-3-10(17)7-12(11)22-14(9)15(21)18-16(5-2-6-16)8-13(19)20/h3-4,7H,2,5-6,8H2,1H3,(H,18,21)(H,19,20). The van der Waals surface area contributed by atoms with Gasteiger partial charge in [0.15, 0.2) is 0 Å². The van der Waals surface area contributed by atoms with Gasteiger partial charge in [-0.15, -0.1) is 11.3 Å². The van der Waals surface area contributed by atoms with Gasteiger partial charge in [-0.05, 0) is 49.3 Å². The molecule has 0 spiro atoms. The van der Waals surface area contributed by atoms with Crippen LogP contribution in [0.1, 0.15) is 40.9 Å². The summed E-state index contributed by atoms with van der Waals surface area (Å²) in [5, 5.41) is 12.8. The van der Waals surface area contributed by atoms with Crippen LogP contribution in [0.3, 0.4) is 0 Å². The highest BCUT2D eigenvalue weighted by atomic mass is 32.1. The summed E-state index contributed by atoms with van der Waals surface area (Å²) in [5.74, 6) is -1.50. The molecule has 0 atom stereocenters. The summed E-state index contributed by atoms with van der Waals surface area (Å²) in [5.41, 5.74) is 0.179. The molecule has 4 nitrogen and oxygen atoms in total. The van der Waals surface area contributed by atoms with Crippen molar-refractivity contribution < 1.29 is 19.1 Å². The van der Waals surface area contributed by atoms with Crippen molar-refractivity contribution in [2.24, 2.45) is 0 Å². The molecule has 1 aromatic carbocycles. The minimum absolute atomic E-state index is 0.0582. The number of carboxylic acids is 1. The number of benzene rings is 1. The lowest BCUT2D eigenvalue weighted by Gasteiger charge is -2.41. The lowest BCUT2D eigenvalue weighted by Crippen LogP contribution is -2.54. The van der Waals surface area contributed by atoms with E-state index in [0.717, 1.165) is 22.1 Å². The Balaban J connectivity index is 1.89. The van der Waals surface area contributed by atoms with E-state index >= 15 is 0 Å². The minimum atomic E-state index is -0.907. The average molecular weight is 321 g/mol. The number of hydrogen-bond donors (Lipinski definition) is 2. The van der Waals surface area contributed by atoms with Crippen molar-refractivity contribution in [3.05, 3.63) is 34.5 Å². The fraction of sp³-hybridized carbons (Fsp3) is 0.375. The summed E-state index contributed by atoms with van der Waals surface area (Å²) in [7, 11) is 0. The van der Waals surface area contributed by atoms with Crippen molar-refractivity contribution in [2.45, 2.75) is 38.1 Å². The quantitative estimate of drug-likeness (QED) is 0.906. The molecule has 1 heterocycles. The van der Waals surface area contributed by atoms with Crippen LogP contribution in [0.4, 0.5) is 4.39 Å². The monoisotopic (exact) mass is 321 g/mol. The third-order valence-corrected chi connectivity index (χ3v) is 5.54. The maximum Gasteiger partial charge on any atom is 0.305 e. The predicted molar refractivity (Wildman–Crippen MR) is 82.8 cm³/mol. The van der Waals surface area contributed by atoms with Crippen LogP contribution in [0.2, 0.25) is 0 Å². The zero-order valence-corrected chi connectivity index (χ0v) is 12.9. The number of hydrogen-bond acceptors (Lipinski definition) is 3. The molecule has 1 fully saturated rings. The van der Waals surface area contributed by atoms with Gasteiger partial charge in [-0.3, -0.25) is 9.59 Å². The average Bonchev–Trinajstić information content (AvgIpc) is 2.72. The number of rotatable bonds is 4.